The molecule has 0 atom stereocenters. The average molecular weight is 141 g/mol. The molecular formula is C8H15NO. The SMILES string of the molecule is C[C@H]1CC[C@H](/C=N/O)CC1. The minimum atomic E-state index is 0.543. The Morgan fingerprint density at radius 2 is 1.90 bits per heavy atom. The van der Waals surface area contributed by atoms with E-state index in [2.05, 4.69) is 12.1 Å². The van der Waals surface area contributed by atoms with Crippen LogP contribution in [-0.4, -0.2) is 11.4 Å². The summed E-state index contributed by atoms with van der Waals surface area (Å²) in [6.07, 6.45) is 6.65. The van der Waals surface area contributed by atoms with E-state index in [1.807, 2.05) is 0 Å². The summed E-state index contributed by atoms with van der Waals surface area (Å²) in [5.41, 5.74) is 0. The van der Waals surface area contributed by atoms with Crippen LogP contribution in [0.4, 0.5) is 0 Å². The van der Waals surface area contributed by atoms with Gasteiger partial charge in [-0.1, -0.05) is 19.8 Å². The molecule has 0 saturated heterocycles. The van der Waals surface area contributed by atoms with E-state index in [1.165, 1.54) is 25.7 Å². The van der Waals surface area contributed by atoms with Crippen LogP contribution < -0.4 is 0 Å². The lowest BCUT2D eigenvalue weighted by atomic mass is 9.84. The van der Waals surface area contributed by atoms with Crippen LogP contribution in [-0.2, 0) is 0 Å². The van der Waals surface area contributed by atoms with E-state index in [9.17, 15) is 0 Å². The summed E-state index contributed by atoms with van der Waals surface area (Å²) in [6.45, 7) is 2.28. The van der Waals surface area contributed by atoms with Gasteiger partial charge in [0, 0.05) is 6.21 Å². The first-order chi connectivity index (χ1) is 4.83. The molecule has 1 aliphatic rings. The average Bonchev–Trinajstić information content (AvgIpc) is 1.95. The predicted molar refractivity (Wildman–Crippen MR) is 41.4 cm³/mol. The number of oxime groups is 1. The molecule has 58 valence electrons. The molecule has 0 aliphatic heterocycles. The molecule has 2 heteroatoms. The van der Waals surface area contributed by atoms with E-state index in [0.717, 1.165) is 5.92 Å². The zero-order valence-electron chi connectivity index (χ0n) is 6.45. The Bertz CT molecular complexity index is 114. The summed E-state index contributed by atoms with van der Waals surface area (Å²) in [6, 6.07) is 0. The Kier molecular flexibility index (Phi) is 2.72. The third-order valence-electron chi connectivity index (χ3n) is 2.34. The second kappa shape index (κ2) is 3.59. The fourth-order valence-corrected chi connectivity index (χ4v) is 1.53. The van der Waals surface area contributed by atoms with Gasteiger partial charge < -0.3 is 5.21 Å². The van der Waals surface area contributed by atoms with Crippen molar-refractivity contribution in [1.82, 2.24) is 0 Å². The van der Waals surface area contributed by atoms with Gasteiger partial charge in [0.05, 0.1) is 0 Å². The van der Waals surface area contributed by atoms with Gasteiger partial charge in [-0.2, -0.15) is 0 Å². The third-order valence-corrected chi connectivity index (χ3v) is 2.34. The number of nitrogens with zero attached hydrogens (tertiary/aromatic N) is 1. The molecule has 1 rings (SSSR count). The Morgan fingerprint density at radius 1 is 1.30 bits per heavy atom. The van der Waals surface area contributed by atoms with Crippen LogP contribution >= 0.6 is 0 Å². The summed E-state index contributed by atoms with van der Waals surface area (Å²) in [5.74, 6) is 1.42. The Hall–Kier alpha value is -0.530. The zero-order chi connectivity index (χ0) is 7.40. The van der Waals surface area contributed by atoms with E-state index in [-0.39, 0.29) is 0 Å². The quantitative estimate of drug-likeness (QED) is 0.339. The minimum Gasteiger partial charge on any atom is -0.411 e. The first kappa shape index (κ1) is 7.58. The molecule has 0 bridgehead atoms. The first-order valence-corrected chi connectivity index (χ1v) is 4.00. The number of hydrogen-bond donors (Lipinski definition) is 1. The normalized spacial score (nSPS) is 34.9. The fraction of sp³-hybridized carbons (Fsp3) is 0.875. The first-order valence-electron chi connectivity index (χ1n) is 4.00. The van der Waals surface area contributed by atoms with Crippen molar-refractivity contribution in [2.75, 3.05) is 0 Å². The topological polar surface area (TPSA) is 32.6 Å². The maximum Gasteiger partial charge on any atom is 0.0466 e. The molecule has 1 aliphatic carbocycles. The molecule has 10 heavy (non-hydrogen) atoms. The van der Waals surface area contributed by atoms with Gasteiger partial charge in [0.25, 0.3) is 0 Å². The van der Waals surface area contributed by atoms with E-state index < -0.39 is 0 Å². The van der Waals surface area contributed by atoms with Crippen LogP contribution in [0.25, 0.3) is 0 Å². The van der Waals surface area contributed by atoms with Crippen molar-refractivity contribution in [2.45, 2.75) is 32.6 Å². The Balaban J connectivity index is 2.26. The van der Waals surface area contributed by atoms with Crippen molar-refractivity contribution in [3.8, 4) is 0 Å². The molecule has 0 heterocycles. The summed E-state index contributed by atoms with van der Waals surface area (Å²) < 4.78 is 0. The highest BCUT2D eigenvalue weighted by Crippen LogP contribution is 2.26. The van der Waals surface area contributed by atoms with Gasteiger partial charge >= 0.3 is 0 Å². The number of hydrogen-bond acceptors (Lipinski definition) is 2. The largest absolute Gasteiger partial charge is 0.411 e. The van der Waals surface area contributed by atoms with Gasteiger partial charge in [-0.3, -0.25) is 0 Å². The highest BCUT2D eigenvalue weighted by molar-refractivity contribution is 5.59. The molecule has 0 spiro atoms. The summed E-state index contributed by atoms with van der Waals surface area (Å²) in [7, 11) is 0. The van der Waals surface area contributed by atoms with Gasteiger partial charge in [-0.05, 0) is 24.7 Å². The molecule has 0 aromatic rings. The molecule has 0 amide bonds. The van der Waals surface area contributed by atoms with Gasteiger partial charge in [0.2, 0.25) is 0 Å². The third kappa shape index (κ3) is 2.01. The Labute approximate surface area is 61.9 Å². The highest BCUT2D eigenvalue weighted by Gasteiger charge is 2.15. The second-order valence-corrected chi connectivity index (χ2v) is 3.28. The van der Waals surface area contributed by atoms with Gasteiger partial charge in [0.1, 0.15) is 0 Å². The lowest BCUT2D eigenvalue weighted by Crippen LogP contribution is -2.12. The van der Waals surface area contributed by atoms with Gasteiger partial charge in [-0.15, -0.1) is 5.16 Å². The zero-order valence-corrected chi connectivity index (χ0v) is 6.45. The van der Waals surface area contributed by atoms with E-state index in [4.69, 9.17) is 5.21 Å². The standard InChI is InChI=1S/C8H15NO/c1-7-2-4-8(5-3-7)6-9-10/h6-8,10H,2-5H2,1H3/b9-6+/t7-,8-. The molecule has 2 nitrogen and oxygen atoms in total. The van der Waals surface area contributed by atoms with Crippen LogP contribution in [0.3, 0.4) is 0 Å². The predicted octanol–water partition coefficient (Wildman–Crippen LogP) is 2.27. The molecule has 1 saturated carbocycles. The van der Waals surface area contributed by atoms with Crippen molar-refractivity contribution in [3.63, 3.8) is 0 Å². The minimum absolute atomic E-state index is 0.543. The van der Waals surface area contributed by atoms with Crippen molar-refractivity contribution in [1.29, 1.82) is 0 Å². The smallest absolute Gasteiger partial charge is 0.0466 e. The molecule has 1 fully saturated rings. The monoisotopic (exact) mass is 141 g/mol. The van der Waals surface area contributed by atoms with Crippen molar-refractivity contribution >= 4 is 6.21 Å². The van der Waals surface area contributed by atoms with E-state index in [1.54, 1.807) is 6.21 Å². The maximum atomic E-state index is 8.25. The molecular weight excluding hydrogens is 126 g/mol. The Morgan fingerprint density at radius 3 is 2.40 bits per heavy atom. The van der Waals surface area contributed by atoms with E-state index >= 15 is 0 Å². The van der Waals surface area contributed by atoms with Crippen molar-refractivity contribution in [3.05, 3.63) is 0 Å². The maximum absolute atomic E-state index is 8.25. The molecule has 0 unspecified atom stereocenters. The molecule has 0 aromatic heterocycles. The van der Waals surface area contributed by atoms with Crippen LogP contribution in [0.15, 0.2) is 5.16 Å². The van der Waals surface area contributed by atoms with Crippen molar-refractivity contribution < 1.29 is 5.21 Å². The summed E-state index contributed by atoms with van der Waals surface area (Å²) in [5, 5.41) is 11.3. The summed E-state index contributed by atoms with van der Waals surface area (Å²) >= 11 is 0. The van der Waals surface area contributed by atoms with Crippen molar-refractivity contribution in [2.24, 2.45) is 17.0 Å². The van der Waals surface area contributed by atoms with Gasteiger partial charge in [-0.25, -0.2) is 0 Å². The van der Waals surface area contributed by atoms with Crippen LogP contribution in [0, 0.1) is 11.8 Å². The molecule has 0 aromatic carbocycles. The molecule has 0 radical (unpaired) electrons. The van der Waals surface area contributed by atoms with Crippen LogP contribution in [0.5, 0.6) is 0 Å². The number of rotatable bonds is 1. The van der Waals surface area contributed by atoms with Gasteiger partial charge in [0.15, 0.2) is 0 Å². The van der Waals surface area contributed by atoms with E-state index in [0.29, 0.717) is 5.92 Å². The fourth-order valence-electron chi connectivity index (χ4n) is 1.53. The van der Waals surface area contributed by atoms with Crippen LogP contribution in [0.2, 0.25) is 0 Å². The van der Waals surface area contributed by atoms with Crippen LogP contribution in [0.1, 0.15) is 32.6 Å². The summed E-state index contributed by atoms with van der Waals surface area (Å²) in [4.78, 5) is 0. The lowest BCUT2D eigenvalue weighted by molar-refractivity contribution is 0.305. The second-order valence-electron chi connectivity index (χ2n) is 3.28. The lowest BCUT2D eigenvalue weighted by Gasteiger charge is -2.22. The highest BCUT2D eigenvalue weighted by atomic mass is 16.4. The molecule has 1 N–H and O–H groups in total.